The third-order valence-corrected chi connectivity index (χ3v) is 6.90. The van der Waals surface area contributed by atoms with Gasteiger partial charge in [0.05, 0.1) is 16.8 Å². The molecule has 0 amide bonds. The fraction of sp³-hybridized carbons (Fsp3) is 0.333. The zero-order valence-electron chi connectivity index (χ0n) is 14.3. The maximum absolute atomic E-state index is 12.8. The predicted octanol–water partition coefficient (Wildman–Crippen LogP) is 2.20. The van der Waals surface area contributed by atoms with E-state index in [1.165, 1.54) is 27.8 Å². The predicted molar refractivity (Wildman–Crippen MR) is 101 cm³/mol. The van der Waals surface area contributed by atoms with Gasteiger partial charge in [-0.05, 0) is 17.7 Å². The third-order valence-electron chi connectivity index (χ3n) is 4.21. The molecule has 1 aliphatic rings. The maximum atomic E-state index is 12.8. The zero-order chi connectivity index (χ0) is 18.4. The lowest BCUT2D eigenvalue weighted by molar-refractivity contribution is 0.181. The average Bonchev–Trinajstić information content (AvgIpc) is 2.68. The van der Waals surface area contributed by atoms with E-state index in [4.69, 9.17) is 5.26 Å². The van der Waals surface area contributed by atoms with Gasteiger partial charge in [-0.2, -0.15) is 9.57 Å². The lowest BCUT2D eigenvalue weighted by Crippen LogP contribution is -2.48. The molecule has 3 rings (SSSR count). The number of aromatic nitrogens is 1. The van der Waals surface area contributed by atoms with E-state index in [-0.39, 0.29) is 4.90 Å². The topological polar surface area (TPSA) is 77.3 Å². The van der Waals surface area contributed by atoms with Gasteiger partial charge in [0, 0.05) is 38.9 Å². The lowest BCUT2D eigenvalue weighted by atomic mass is 10.2. The monoisotopic (exact) mass is 388 g/mol. The van der Waals surface area contributed by atoms with Crippen LogP contribution < -0.4 is 0 Å². The fourth-order valence-corrected chi connectivity index (χ4v) is 4.70. The minimum absolute atomic E-state index is 0.204. The molecular formula is C18H20N4O2S2. The van der Waals surface area contributed by atoms with Gasteiger partial charge in [-0.15, -0.1) is 0 Å². The van der Waals surface area contributed by atoms with Gasteiger partial charge in [0.25, 0.3) is 0 Å². The number of nitriles is 1. The molecule has 0 bridgehead atoms. The Morgan fingerprint density at radius 2 is 1.81 bits per heavy atom. The smallest absolute Gasteiger partial charge is 0.244 e. The zero-order valence-corrected chi connectivity index (χ0v) is 15.9. The Labute approximate surface area is 158 Å². The van der Waals surface area contributed by atoms with Crippen molar-refractivity contribution in [1.82, 2.24) is 14.2 Å². The Kier molecular flexibility index (Phi) is 6.27. The Bertz CT molecular complexity index is 856. The average molecular weight is 389 g/mol. The molecular weight excluding hydrogens is 368 g/mol. The number of hydrogen-bond acceptors (Lipinski definition) is 6. The lowest BCUT2D eigenvalue weighted by Gasteiger charge is -2.33. The number of pyridine rings is 1. The van der Waals surface area contributed by atoms with E-state index < -0.39 is 10.0 Å². The number of thioether (sulfide) groups is 1. The molecule has 0 N–H and O–H groups in total. The van der Waals surface area contributed by atoms with E-state index >= 15 is 0 Å². The molecule has 0 unspecified atom stereocenters. The quantitative estimate of drug-likeness (QED) is 0.706. The summed E-state index contributed by atoms with van der Waals surface area (Å²) in [6.07, 6.45) is 1.38. The first kappa shape index (κ1) is 18.9. The van der Waals surface area contributed by atoms with Gasteiger partial charge in [0.1, 0.15) is 4.90 Å². The Hall–Kier alpha value is -1.92. The summed E-state index contributed by atoms with van der Waals surface area (Å²) in [5, 5.41) is 9.24. The molecule has 0 atom stereocenters. The number of sulfonamides is 1. The van der Waals surface area contributed by atoms with Crippen LogP contribution in [0.25, 0.3) is 0 Å². The van der Waals surface area contributed by atoms with E-state index in [1.807, 2.05) is 24.3 Å². The van der Waals surface area contributed by atoms with Crippen molar-refractivity contribution in [1.29, 1.82) is 5.26 Å². The largest absolute Gasteiger partial charge is 0.296 e. The van der Waals surface area contributed by atoms with Crippen LogP contribution in [0.3, 0.4) is 0 Å². The normalized spacial score (nSPS) is 16.3. The Morgan fingerprint density at radius 3 is 2.42 bits per heavy atom. The molecule has 1 aromatic heterocycles. The third kappa shape index (κ3) is 4.62. The van der Waals surface area contributed by atoms with Crippen molar-refractivity contribution in [2.24, 2.45) is 0 Å². The second-order valence-corrected chi connectivity index (χ2v) is 8.88. The van der Waals surface area contributed by atoms with Crippen molar-refractivity contribution < 1.29 is 8.42 Å². The summed E-state index contributed by atoms with van der Waals surface area (Å²) in [5.41, 5.74) is 1.23. The van der Waals surface area contributed by atoms with Gasteiger partial charge in [0.15, 0.2) is 0 Å². The highest BCUT2D eigenvalue weighted by molar-refractivity contribution is 7.99. The molecule has 2 aromatic rings. The molecule has 136 valence electrons. The van der Waals surface area contributed by atoms with Crippen LogP contribution in [0.15, 0.2) is 58.6 Å². The van der Waals surface area contributed by atoms with Crippen molar-refractivity contribution in [3.05, 3.63) is 54.2 Å². The summed E-state index contributed by atoms with van der Waals surface area (Å²) in [6.45, 7) is 3.19. The number of benzene rings is 1. The second-order valence-electron chi connectivity index (χ2n) is 5.94. The Balaban J connectivity index is 1.60. The summed E-state index contributed by atoms with van der Waals surface area (Å²) >= 11 is 1.29. The molecule has 0 aliphatic carbocycles. The summed E-state index contributed by atoms with van der Waals surface area (Å²) < 4.78 is 27.1. The van der Waals surface area contributed by atoms with Crippen molar-refractivity contribution in [2.75, 3.05) is 31.9 Å². The first-order valence-electron chi connectivity index (χ1n) is 8.32. The number of piperazine rings is 1. The van der Waals surface area contributed by atoms with E-state index in [2.05, 4.69) is 22.0 Å². The number of nitrogens with zero attached hydrogens (tertiary/aromatic N) is 4. The van der Waals surface area contributed by atoms with Gasteiger partial charge in [-0.3, -0.25) is 4.90 Å². The van der Waals surface area contributed by atoms with Crippen LogP contribution >= 0.6 is 11.8 Å². The van der Waals surface area contributed by atoms with E-state index in [9.17, 15) is 8.42 Å². The van der Waals surface area contributed by atoms with Crippen LogP contribution in [-0.4, -0.2) is 54.5 Å². The molecule has 0 radical (unpaired) electrons. The Morgan fingerprint density at radius 1 is 1.08 bits per heavy atom. The molecule has 1 saturated heterocycles. The molecule has 6 nitrogen and oxygen atoms in total. The summed E-state index contributed by atoms with van der Waals surface area (Å²) in [6, 6.07) is 15.4. The van der Waals surface area contributed by atoms with E-state index in [0.29, 0.717) is 37.0 Å². The van der Waals surface area contributed by atoms with Gasteiger partial charge in [-0.25, -0.2) is 13.4 Å². The summed E-state index contributed by atoms with van der Waals surface area (Å²) in [4.78, 5) is 6.61. The number of hydrogen-bond donors (Lipinski definition) is 0. The molecule has 1 aliphatic heterocycles. The SMILES string of the molecule is N#CCSc1ccc(S(=O)(=O)N2CCN(Cc3ccccc3)CC2)cn1. The molecule has 26 heavy (non-hydrogen) atoms. The van der Waals surface area contributed by atoms with Gasteiger partial charge in [0.2, 0.25) is 10.0 Å². The molecule has 0 spiro atoms. The first-order valence-corrected chi connectivity index (χ1v) is 10.7. The van der Waals surface area contributed by atoms with Crippen LogP contribution in [-0.2, 0) is 16.6 Å². The molecule has 8 heteroatoms. The molecule has 0 saturated carbocycles. The van der Waals surface area contributed by atoms with Crippen molar-refractivity contribution in [3.63, 3.8) is 0 Å². The standard InChI is InChI=1S/C18H20N4O2S2/c19-8-13-25-18-7-6-17(14-20-18)26(23,24)22-11-9-21(10-12-22)15-16-4-2-1-3-5-16/h1-7,14H,9-13,15H2. The van der Waals surface area contributed by atoms with Crippen molar-refractivity contribution >= 4 is 21.8 Å². The van der Waals surface area contributed by atoms with E-state index in [0.717, 1.165) is 6.54 Å². The minimum atomic E-state index is -3.53. The van der Waals surface area contributed by atoms with Crippen LogP contribution in [0.4, 0.5) is 0 Å². The maximum Gasteiger partial charge on any atom is 0.244 e. The van der Waals surface area contributed by atoms with Gasteiger partial charge in [-0.1, -0.05) is 42.1 Å². The minimum Gasteiger partial charge on any atom is -0.296 e. The molecule has 1 aromatic carbocycles. The highest BCUT2D eigenvalue weighted by atomic mass is 32.2. The van der Waals surface area contributed by atoms with Crippen LogP contribution in [0.1, 0.15) is 5.56 Å². The van der Waals surface area contributed by atoms with E-state index in [1.54, 1.807) is 12.1 Å². The van der Waals surface area contributed by atoms with Crippen molar-refractivity contribution in [2.45, 2.75) is 16.5 Å². The molecule has 2 heterocycles. The van der Waals surface area contributed by atoms with Crippen molar-refractivity contribution in [3.8, 4) is 6.07 Å². The fourth-order valence-electron chi connectivity index (χ4n) is 2.83. The van der Waals surface area contributed by atoms with Crippen LogP contribution in [0.5, 0.6) is 0 Å². The van der Waals surface area contributed by atoms with Crippen LogP contribution in [0, 0.1) is 11.3 Å². The summed E-state index contributed by atoms with van der Waals surface area (Å²) in [7, 11) is -3.53. The molecule has 1 fully saturated rings. The number of rotatable bonds is 6. The summed E-state index contributed by atoms with van der Waals surface area (Å²) in [5.74, 6) is 0.294. The second kappa shape index (κ2) is 8.64. The van der Waals surface area contributed by atoms with Crippen LogP contribution in [0.2, 0.25) is 0 Å². The first-order chi connectivity index (χ1) is 12.6. The highest BCUT2D eigenvalue weighted by Crippen LogP contribution is 2.21. The van der Waals surface area contributed by atoms with Gasteiger partial charge >= 0.3 is 0 Å². The highest BCUT2D eigenvalue weighted by Gasteiger charge is 2.28. The van der Waals surface area contributed by atoms with Gasteiger partial charge < -0.3 is 0 Å².